The van der Waals surface area contributed by atoms with E-state index < -0.39 is 9.84 Å². The standard InChI is InChI=1S/C18H26N4O3S/c1-3-22(14-10-12-26(24,25)13-14)18(23)19-11-6-9-17-20-15-7-4-5-8-16(15)21(17)2/h4-5,7-8,14H,3,6,9-13H2,1-2H3,(H,19,23)/t14-/m0/s1. The first-order valence-electron chi connectivity index (χ1n) is 9.06. The highest BCUT2D eigenvalue weighted by molar-refractivity contribution is 7.91. The maximum atomic E-state index is 12.4. The molecule has 26 heavy (non-hydrogen) atoms. The van der Waals surface area contributed by atoms with Crippen LogP contribution in [0.2, 0.25) is 0 Å². The lowest BCUT2D eigenvalue weighted by molar-refractivity contribution is 0.184. The fourth-order valence-electron chi connectivity index (χ4n) is 3.55. The number of nitrogens with one attached hydrogen (secondary N) is 1. The van der Waals surface area contributed by atoms with E-state index in [9.17, 15) is 13.2 Å². The van der Waals surface area contributed by atoms with Crippen molar-refractivity contribution in [2.45, 2.75) is 32.2 Å². The van der Waals surface area contributed by atoms with E-state index in [1.807, 2.05) is 38.2 Å². The molecule has 1 fully saturated rings. The monoisotopic (exact) mass is 378 g/mol. The third-order valence-corrected chi connectivity index (χ3v) is 6.73. The molecule has 7 nitrogen and oxygen atoms in total. The number of carbonyl (C=O) groups is 1. The zero-order valence-electron chi connectivity index (χ0n) is 15.3. The number of para-hydroxylation sites is 2. The van der Waals surface area contributed by atoms with Crippen LogP contribution in [-0.2, 0) is 23.3 Å². The van der Waals surface area contributed by atoms with E-state index in [2.05, 4.69) is 14.9 Å². The highest BCUT2D eigenvalue weighted by atomic mass is 32.2. The van der Waals surface area contributed by atoms with Crippen LogP contribution >= 0.6 is 0 Å². The zero-order valence-corrected chi connectivity index (χ0v) is 16.1. The summed E-state index contributed by atoms with van der Waals surface area (Å²) in [6.07, 6.45) is 2.09. The van der Waals surface area contributed by atoms with Gasteiger partial charge in [-0.2, -0.15) is 0 Å². The van der Waals surface area contributed by atoms with Crippen LogP contribution in [0.5, 0.6) is 0 Å². The summed E-state index contributed by atoms with van der Waals surface area (Å²) in [4.78, 5) is 18.7. The van der Waals surface area contributed by atoms with Gasteiger partial charge in [0.15, 0.2) is 9.84 Å². The molecular formula is C18H26N4O3S. The molecule has 2 heterocycles. The first-order valence-corrected chi connectivity index (χ1v) is 10.9. The van der Waals surface area contributed by atoms with Crippen molar-refractivity contribution in [2.75, 3.05) is 24.6 Å². The highest BCUT2D eigenvalue weighted by Crippen LogP contribution is 2.18. The van der Waals surface area contributed by atoms with Crippen LogP contribution in [-0.4, -0.2) is 59.5 Å². The van der Waals surface area contributed by atoms with Crippen molar-refractivity contribution in [1.29, 1.82) is 0 Å². The Morgan fingerprint density at radius 3 is 2.81 bits per heavy atom. The number of amides is 2. The van der Waals surface area contributed by atoms with Crippen LogP contribution in [0.4, 0.5) is 4.79 Å². The second kappa shape index (κ2) is 7.65. The van der Waals surface area contributed by atoms with Gasteiger partial charge in [0.05, 0.1) is 22.5 Å². The van der Waals surface area contributed by atoms with Gasteiger partial charge in [-0.1, -0.05) is 12.1 Å². The molecule has 1 aromatic carbocycles. The predicted octanol–water partition coefficient (Wildman–Crippen LogP) is 1.72. The Bertz CT molecular complexity index is 891. The maximum absolute atomic E-state index is 12.4. The molecule has 1 atom stereocenters. The normalized spacial score (nSPS) is 18.9. The Balaban J connectivity index is 1.50. The number of aromatic nitrogens is 2. The van der Waals surface area contributed by atoms with E-state index in [1.54, 1.807) is 4.90 Å². The highest BCUT2D eigenvalue weighted by Gasteiger charge is 2.33. The second-order valence-corrected chi connectivity index (χ2v) is 8.98. The number of nitrogens with zero attached hydrogens (tertiary/aromatic N) is 3. The van der Waals surface area contributed by atoms with Gasteiger partial charge in [0, 0.05) is 32.6 Å². The minimum absolute atomic E-state index is 0.0775. The molecule has 2 amide bonds. The summed E-state index contributed by atoms with van der Waals surface area (Å²) in [5.41, 5.74) is 2.08. The molecule has 0 bridgehead atoms. The lowest BCUT2D eigenvalue weighted by Gasteiger charge is -2.27. The van der Waals surface area contributed by atoms with Crippen LogP contribution in [0.1, 0.15) is 25.6 Å². The molecule has 0 saturated carbocycles. The third kappa shape index (κ3) is 4.00. The summed E-state index contributed by atoms with van der Waals surface area (Å²) < 4.78 is 25.4. The first-order chi connectivity index (χ1) is 12.4. The van der Waals surface area contributed by atoms with Crippen molar-refractivity contribution < 1.29 is 13.2 Å². The molecular weight excluding hydrogens is 352 g/mol. The van der Waals surface area contributed by atoms with Gasteiger partial charge in [-0.15, -0.1) is 0 Å². The SMILES string of the molecule is CCN(C(=O)NCCCc1nc2ccccc2n1C)[C@H]1CCS(=O)(=O)C1. The van der Waals surface area contributed by atoms with Crippen molar-refractivity contribution in [1.82, 2.24) is 19.8 Å². The molecule has 1 aromatic heterocycles. The summed E-state index contributed by atoms with van der Waals surface area (Å²) in [5, 5.41) is 2.92. The van der Waals surface area contributed by atoms with Gasteiger partial charge in [0.2, 0.25) is 0 Å². The molecule has 0 radical (unpaired) electrons. The number of carbonyl (C=O) groups excluding carboxylic acids is 1. The number of benzene rings is 1. The van der Waals surface area contributed by atoms with E-state index >= 15 is 0 Å². The van der Waals surface area contributed by atoms with E-state index in [0.717, 1.165) is 29.7 Å². The minimum Gasteiger partial charge on any atom is -0.338 e. The maximum Gasteiger partial charge on any atom is 0.317 e. The molecule has 1 aliphatic rings. The van der Waals surface area contributed by atoms with E-state index in [4.69, 9.17) is 0 Å². The summed E-state index contributed by atoms with van der Waals surface area (Å²) in [6, 6.07) is 7.63. The number of aryl methyl sites for hydroxylation is 2. The molecule has 2 aromatic rings. The summed E-state index contributed by atoms with van der Waals surface area (Å²) >= 11 is 0. The first kappa shape index (κ1) is 18.7. The Morgan fingerprint density at radius 2 is 2.15 bits per heavy atom. The topological polar surface area (TPSA) is 84.3 Å². The van der Waals surface area contributed by atoms with Crippen molar-refractivity contribution in [3.05, 3.63) is 30.1 Å². The van der Waals surface area contributed by atoms with Crippen molar-refractivity contribution in [2.24, 2.45) is 7.05 Å². The molecule has 1 saturated heterocycles. The number of imidazole rings is 1. The molecule has 0 aliphatic carbocycles. The molecule has 0 spiro atoms. The largest absolute Gasteiger partial charge is 0.338 e. The number of fused-ring (bicyclic) bond motifs is 1. The van der Waals surface area contributed by atoms with E-state index in [-0.39, 0.29) is 23.6 Å². The van der Waals surface area contributed by atoms with Crippen molar-refractivity contribution in [3.8, 4) is 0 Å². The van der Waals surface area contributed by atoms with Gasteiger partial charge in [-0.3, -0.25) is 0 Å². The van der Waals surface area contributed by atoms with Crippen LogP contribution in [0.15, 0.2) is 24.3 Å². The predicted molar refractivity (Wildman–Crippen MR) is 102 cm³/mol. The van der Waals surface area contributed by atoms with Gasteiger partial charge in [0.1, 0.15) is 5.82 Å². The van der Waals surface area contributed by atoms with Gasteiger partial charge in [-0.05, 0) is 31.9 Å². The molecule has 1 aliphatic heterocycles. The molecule has 1 N–H and O–H groups in total. The summed E-state index contributed by atoms with van der Waals surface area (Å²) in [5.74, 6) is 1.25. The van der Waals surface area contributed by atoms with Gasteiger partial charge < -0.3 is 14.8 Å². The van der Waals surface area contributed by atoms with Crippen molar-refractivity contribution in [3.63, 3.8) is 0 Å². The lowest BCUT2D eigenvalue weighted by atomic mass is 10.2. The minimum atomic E-state index is -3.00. The molecule has 0 unspecified atom stereocenters. The smallest absolute Gasteiger partial charge is 0.317 e. The van der Waals surface area contributed by atoms with Crippen LogP contribution in [0, 0.1) is 0 Å². The Morgan fingerprint density at radius 1 is 1.38 bits per heavy atom. The number of hydrogen-bond donors (Lipinski definition) is 1. The van der Waals surface area contributed by atoms with Crippen LogP contribution < -0.4 is 5.32 Å². The zero-order chi connectivity index (χ0) is 18.7. The van der Waals surface area contributed by atoms with Gasteiger partial charge in [0.25, 0.3) is 0 Å². The average molecular weight is 378 g/mol. The number of urea groups is 1. The Hall–Kier alpha value is -2.09. The third-order valence-electron chi connectivity index (χ3n) is 4.98. The van der Waals surface area contributed by atoms with Gasteiger partial charge >= 0.3 is 6.03 Å². The fourth-order valence-corrected chi connectivity index (χ4v) is 5.28. The van der Waals surface area contributed by atoms with Crippen LogP contribution in [0.25, 0.3) is 11.0 Å². The molecule has 3 rings (SSSR count). The number of rotatable bonds is 6. The fraction of sp³-hybridized carbons (Fsp3) is 0.556. The van der Waals surface area contributed by atoms with E-state index in [0.29, 0.717) is 19.5 Å². The number of hydrogen-bond acceptors (Lipinski definition) is 4. The second-order valence-electron chi connectivity index (χ2n) is 6.75. The van der Waals surface area contributed by atoms with E-state index in [1.165, 1.54) is 0 Å². The summed E-state index contributed by atoms with van der Waals surface area (Å²) in [7, 11) is -0.993. The molecule has 142 valence electrons. The summed E-state index contributed by atoms with van der Waals surface area (Å²) in [6.45, 7) is 2.93. The van der Waals surface area contributed by atoms with Crippen LogP contribution in [0.3, 0.4) is 0 Å². The average Bonchev–Trinajstić information content (AvgIpc) is 3.12. The van der Waals surface area contributed by atoms with Crippen molar-refractivity contribution >= 4 is 26.9 Å². The lowest BCUT2D eigenvalue weighted by Crippen LogP contribution is -2.46. The Labute approximate surface area is 154 Å². The molecule has 8 heteroatoms. The Kier molecular flexibility index (Phi) is 5.50. The number of sulfone groups is 1. The van der Waals surface area contributed by atoms with Gasteiger partial charge in [-0.25, -0.2) is 18.2 Å². The quantitative estimate of drug-likeness (QED) is 0.776.